The smallest absolute Gasteiger partial charge is 0.177 e. The lowest BCUT2D eigenvalue weighted by molar-refractivity contribution is -0.253. The zero-order valence-corrected chi connectivity index (χ0v) is 7.13. The molecule has 72 valence electrons. The summed E-state index contributed by atoms with van der Waals surface area (Å²) in [7, 11) is 0. The van der Waals surface area contributed by atoms with E-state index in [1.807, 2.05) is 0 Å². The standard InChI is InChI=1S/C9H12O4/c1-2-8-12-5-7-9(13-8)6(10)3-4-11-7/h2-4,6-10H,1,5H2/t6-,7-,8+,9+/m1/s1. The highest BCUT2D eigenvalue weighted by Crippen LogP contribution is 2.23. The number of rotatable bonds is 1. The summed E-state index contributed by atoms with van der Waals surface area (Å²) in [5, 5.41) is 9.54. The van der Waals surface area contributed by atoms with Crippen molar-refractivity contribution >= 4 is 0 Å². The third-order valence-electron chi connectivity index (χ3n) is 2.14. The van der Waals surface area contributed by atoms with Gasteiger partial charge in [-0.15, -0.1) is 0 Å². The van der Waals surface area contributed by atoms with Crippen LogP contribution in [-0.4, -0.2) is 36.3 Å². The monoisotopic (exact) mass is 184 g/mol. The van der Waals surface area contributed by atoms with E-state index in [0.717, 1.165) is 0 Å². The average molecular weight is 184 g/mol. The summed E-state index contributed by atoms with van der Waals surface area (Å²) in [5.41, 5.74) is 0. The zero-order chi connectivity index (χ0) is 9.26. The molecule has 0 aromatic carbocycles. The number of hydrogen-bond acceptors (Lipinski definition) is 4. The molecule has 2 heterocycles. The zero-order valence-electron chi connectivity index (χ0n) is 7.13. The fourth-order valence-electron chi connectivity index (χ4n) is 1.44. The van der Waals surface area contributed by atoms with Gasteiger partial charge in [-0.3, -0.25) is 0 Å². The Hall–Kier alpha value is -0.840. The molecule has 4 nitrogen and oxygen atoms in total. The molecule has 0 unspecified atom stereocenters. The van der Waals surface area contributed by atoms with E-state index in [2.05, 4.69) is 6.58 Å². The highest BCUT2D eigenvalue weighted by Gasteiger charge is 2.37. The van der Waals surface area contributed by atoms with Crippen LogP contribution in [0.5, 0.6) is 0 Å². The predicted molar refractivity (Wildman–Crippen MR) is 44.8 cm³/mol. The maximum Gasteiger partial charge on any atom is 0.177 e. The van der Waals surface area contributed by atoms with Crippen LogP contribution in [0.25, 0.3) is 0 Å². The number of fused-ring (bicyclic) bond motifs is 1. The van der Waals surface area contributed by atoms with Crippen molar-refractivity contribution in [1.29, 1.82) is 0 Å². The third kappa shape index (κ3) is 1.60. The van der Waals surface area contributed by atoms with Crippen LogP contribution < -0.4 is 0 Å². The van der Waals surface area contributed by atoms with Crippen molar-refractivity contribution in [3.05, 3.63) is 25.0 Å². The Bertz CT molecular complexity index is 226. The van der Waals surface area contributed by atoms with Gasteiger partial charge in [0.05, 0.1) is 12.9 Å². The topological polar surface area (TPSA) is 47.9 Å². The van der Waals surface area contributed by atoms with Crippen LogP contribution in [0.15, 0.2) is 25.0 Å². The lowest BCUT2D eigenvalue weighted by Crippen LogP contribution is -2.51. The summed E-state index contributed by atoms with van der Waals surface area (Å²) < 4.78 is 15.8. The second kappa shape index (κ2) is 3.49. The van der Waals surface area contributed by atoms with Crippen molar-refractivity contribution in [3.63, 3.8) is 0 Å². The van der Waals surface area contributed by atoms with Crippen LogP contribution >= 0.6 is 0 Å². The molecule has 1 fully saturated rings. The summed E-state index contributed by atoms with van der Waals surface area (Å²) >= 11 is 0. The molecule has 0 aromatic rings. The maximum absolute atomic E-state index is 9.54. The van der Waals surface area contributed by atoms with Gasteiger partial charge < -0.3 is 19.3 Å². The number of aliphatic hydroxyl groups is 1. The molecule has 4 atom stereocenters. The van der Waals surface area contributed by atoms with E-state index in [0.29, 0.717) is 6.61 Å². The normalized spacial score (nSPS) is 43.5. The minimum Gasteiger partial charge on any atom is -0.493 e. The second-order valence-electron chi connectivity index (χ2n) is 3.03. The van der Waals surface area contributed by atoms with Crippen molar-refractivity contribution < 1.29 is 19.3 Å². The Morgan fingerprint density at radius 2 is 2.38 bits per heavy atom. The van der Waals surface area contributed by atoms with Crippen molar-refractivity contribution in [1.82, 2.24) is 0 Å². The van der Waals surface area contributed by atoms with Crippen LogP contribution in [0.3, 0.4) is 0 Å². The molecule has 4 heteroatoms. The molecule has 1 N–H and O–H groups in total. The second-order valence-corrected chi connectivity index (χ2v) is 3.03. The van der Waals surface area contributed by atoms with E-state index in [1.165, 1.54) is 6.26 Å². The van der Waals surface area contributed by atoms with Crippen molar-refractivity contribution in [3.8, 4) is 0 Å². The van der Waals surface area contributed by atoms with E-state index in [1.54, 1.807) is 12.2 Å². The first-order valence-corrected chi connectivity index (χ1v) is 4.21. The van der Waals surface area contributed by atoms with Gasteiger partial charge >= 0.3 is 0 Å². The first-order chi connectivity index (χ1) is 6.31. The highest BCUT2D eigenvalue weighted by molar-refractivity contribution is 4.99. The largest absolute Gasteiger partial charge is 0.493 e. The van der Waals surface area contributed by atoms with Gasteiger partial charge in [0.15, 0.2) is 12.4 Å². The van der Waals surface area contributed by atoms with Gasteiger partial charge in [0.1, 0.15) is 12.2 Å². The molecule has 2 rings (SSSR count). The first-order valence-electron chi connectivity index (χ1n) is 4.21. The minimum atomic E-state index is -0.620. The fraction of sp³-hybridized carbons (Fsp3) is 0.556. The van der Waals surface area contributed by atoms with Crippen LogP contribution in [0.4, 0.5) is 0 Å². The lowest BCUT2D eigenvalue weighted by Gasteiger charge is -2.38. The highest BCUT2D eigenvalue weighted by atomic mass is 16.7. The predicted octanol–water partition coefficient (Wildman–Crippen LogP) is 0.187. The summed E-state index contributed by atoms with van der Waals surface area (Å²) in [5.74, 6) is 0. The summed E-state index contributed by atoms with van der Waals surface area (Å²) in [6.07, 6.45) is 2.98. The van der Waals surface area contributed by atoms with Crippen LogP contribution in [-0.2, 0) is 14.2 Å². The molecule has 0 aromatic heterocycles. The Balaban J connectivity index is 2.07. The molecule has 0 saturated carbocycles. The molecule has 0 radical (unpaired) electrons. The lowest BCUT2D eigenvalue weighted by atomic mass is 10.1. The van der Waals surface area contributed by atoms with Gasteiger partial charge in [-0.1, -0.05) is 6.58 Å². The fourth-order valence-corrected chi connectivity index (χ4v) is 1.44. The molecule has 0 aliphatic carbocycles. The number of hydrogen-bond donors (Lipinski definition) is 1. The van der Waals surface area contributed by atoms with Crippen LogP contribution in [0.2, 0.25) is 0 Å². The number of ether oxygens (including phenoxy) is 3. The Labute approximate surface area is 76.4 Å². The van der Waals surface area contributed by atoms with Crippen molar-refractivity contribution in [2.24, 2.45) is 0 Å². The van der Waals surface area contributed by atoms with E-state index in [4.69, 9.17) is 14.2 Å². The van der Waals surface area contributed by atoms with Gasteiger partial charge in [0.25, 0.3) is 0 Å². The molecule has 13 heavy (non-hydrogen) atoms. The molecule has 0 bridgehead atoms. The Morgan fingerprint density at radius 1 is 1.54 bits per heavy atom. The van der Waals surface area contributed by atoms with Crippen LogP contribution in [0, 0.1) is 0 Å². The molecule has 0 spiro atoms. The summed E-state index contributed by atoms with van der Waals surface area (Å²) in [4.78, 5) is 0. The SMILES string of the molecule is C=C[C@H]1OC[C@H]2OC=C[C@@H](O)[C@@H]2O1. The maximum atomic E-state index is 9.54. The summed E-state index contributed by atoms with van der Waals surface area (Å²) in [6.45, 7) is 3.98. The van der Waals surface area contributed by atoms with Crippen molar-refractivity contribution in [2.75, 3.05) is 6.61 Å². The van der Waals surface area contributed by atoms with E-state index in [9.17, 15) is 5.11 Å². The van der Waals surface area contributed by atoms with Gasteiger partial charge in [-0.2, -0.15) is 0 Å². The van der Waals surface area contributed by atoms with Gasteiger partial charge in [0.2, 0.25) is 0 Å². The average Bonchev–Trinajstić information content (AvgIpc) is 2.18. The molecule has 1 saturated heterocycles. The van der Waals surface area contributed by atoms with Gasteiger partial charge in [0, 0.05) is 0 Å². The van der Waals surface area contributed by atoms with Crippen LogP contribution in [0.1, 0.15) is 0 Å². The third-order valence-corrected chi connectivity index (χ3v) is 2.14. The van der Waals surface area contributed by atoms with E-state index < -0.39 is 12.4 Å². The van der Waals surface area contributed by atoms with E-state index >= 15 is 0 Å². The molecule has 0 amide bonds. The van der Waals surface area contributed by atoms with E-state index in [-0.39, 0.29) is 12.2 Å². The molecule has 2 aliphatic rings. The quantitative estimate of drug-likeness (QED) is 0.591. The minimum absolute atomic E-state index is 0.212. The molecular formula is C9H12O4. The molecular weight excluding hydrogens is 172 g/mol. The first kappa shape index (κ1) is 8.74. The Kier molecular flexibility index (Phi) is 2.35. The van der Waals surface area contributed by atoms with Gasteiger partial charge in [-0.25, -0.2) is 0 Å². The molecule has 2 aliphatic heterocycles. The Morgan fingerprint density at radius 3 is 3.15 bits per heavy atom. The van der Waals surface area contributed by atoms with Crippen molar-refractivity contribution in [2.45, 2.75) is 24.6 Å². The summed E-state index contributed by atoms with van der Waals surface area (Å²) in [6, 6.07) is 0. The van der Waals surface area contributed by atoms with Gasteiger partial charge in [-0.05, 0) is 12.2 Å². The number of aliphatic hydroxyl groups excluding tert-OH is 1.